The van der Waals surface area contributed by atoms with Crippen LogP contribution in [0.15, 0.2) is 29.6 Å². The number of thiazole rings is 1. The first kappa shape index (κ1) is 28.1. The minimum Gasteiger partial charge on any atom is -0.356 e. The van der Waals surface area contributed by atoms with Gasteiger partial charge in [0.25, 0.3) is 5.91 Å². The van der Waals surface area contributed by atoms with E-state index >= 15 is 0 Å². The van der Waals surface area contributed by atoms with Crippen molar-refractivity contribution in [3.05, 3.63) is 45.9 Å². The van der Waals surface area contributed by atoms with Crippen LogP contribution >= 0.6 is 22.9 Å². The number of hydrogen-bond donors (Lipinski definition) is 2. The number of amides is 3. The molecule has 1 aliphatic rings. The highest BCUT2D eigenvalue weighted by Crippen LogP contribution is 2.20. The number of nitrogens with zero attached hydrogens (tertiary/aromatic N) is 3. The van der Waals surface area contributed by atoms with Crippen LogP contribution in [0.4, 0.5) is 5.13 Å². The predicted molar refractivity (Wildman–Crippen MR) is 145 cm³/mol. The van der Waals surface area contributed by atoms with Gasteiger partial charge in [0.1, 0.15) is 6.54 Å². The summed E-state index contributed by atoms with van der Waals surface area (Å²) < 4.78 is 0. The highest BCUT2D eigenvalue weighted by Gasteiger charge is 2.24. The van der Waals surface area contributed by atoms with E-state index < -0.39 is 0 Å². The van der Waals surface area contributed by atoms with Crippen molar-refractivity contribution < 1.29 is 14.4 Å². The molecule has 1 saturated heterocycles. The summed E-state index contributed by atoms with van der Waals surface area (Å²) in [5, 5.41) is 8.21. The van der Waals surface area contributed by atoms with Gasteiger partial charge in [-0.2, -0.15) is 0 Å². The smallest absolute Gasteiger partial charge is 0.256 e. The van der Waals surface area contributed by atoms with Crippen LogP contribution in [0.1, 0.15) is 62.5 Å². The minimum atomic E-state index is -0.360. The fourth-order valence-electron chi connectivity index (χ4n) is 4.26. The minimum absolute atomic E-state index is 0.0822. The van der Waals surface area contributed by atoms with Gasteiger partial charge in [-0.15, -0.1) is 11.3 Å². The molecule has 0 bridgehead atoms. The Morgan fingerprint density at radius 1 is 1.22 bits per heavy atom. The number of anilines is 1. The molecule has 1 atom stereocenters. The zero-order valence-electron chi connectivity index (χ0n) is 21.3. The Morgan fingerprint density at radius 2 is 2.00 bits per heavy atom. The molecule has 3 amide bonds. The first-order valence-corrected chi connectivity index (χ1v) is 13.8. The lowest BCUT2D eigenvalue weighted by atomic mass is 10.0. The van der Waals surface area contributed by atoms with Crippen LogP contribution in [0.5, 0.6) is 0 Å². The molecule has 196 valence electrons. The number of aromatic nitrogens is 1. The second-order valence-corrected chi connectivity index (χ2v) is 10.7. The number of carbonyl (C=O) groups is 3. The predicted octanol–water partition coefficient (Wildman–Crippen LogP) is 4.21. The Hall–Kier alpha value is -2.49. The standard InChI is InChI=1S/C26H36ClN5O3S/c1-18(2)32(25(35)21-10-4-5-11-22(21)27)16-24(34)30-26-29-20(17-36-26)15-23(33)28-12-8-14-31-13-7-6-9-19(31)3/h4-5,10-11,17-19H,6-9,12-16H2,1-3H3,(H,28,33)(H,29,30,34). The summed E-state index contributed by atoms with van der Waals surface area (Å²) >= 11 is 7.42. The molecule has 10 heteroatoms. The van der Waals surface area contributed by atoms with Crippen molar-refractivity contribution in [2.45, 2.75) is 65.0 Å². The van der Waals surface area contributed by atoms with Crippen molar-refractivity contribution in [3.63, 3.8) is 0 Å². The van der Waals surface area contributed by atoms with Crippen LogP contribution in [0.2, 0.25) is 5.02 Å². The van der Waals surface area contributed by atoms with Crippen LogP contribution < -0.4 is 10.6 Å². The number of likely N-dealkylation sites (tertiary alicyclic amines) is 1. The lowest BCUT2D eigenvalue weighted by Crippen LogP contribution is -2.42. The van der Waals surface area contributed by atoms with Crippen molar-refractivity contribution >= 4 is 45.8 Å². The average Bonchev–Trinajstić information content (AvgIpc) is 3.27. The summed E-state index contributed by atoms with van der Waals surface area (Å²) in [4.78, 5) is 46.2. The third-order valence-electron chi connectivity index (χ3n) is 6.33. The molecule has 0 radical (unpaired) electrons. The van der Waals surface area contributed by atoms with Crippen LogP contribution in [0.3, 0.4) is 0 Å². The molecule has 1 unspecified atom stereocenters. The summed E-state index contributed by atoms with van der Waals surface area (Å²) in [5.74, 6) is -0.750. The molecule has 36 heavy (non-hydrogen) atoms. The largest absolute Gasteiger partial charge is 0.356 e. The number of benzene rings is 1. The lowest BCUT2D eigenvalue weighted by molar-refractivity contribution is -0.120. The van der Waals surface area contributed by atoms with Gasteiger partial charge in [0, 0.05) is 30.6 Å². The maximum Gasteiger partial charge on any atom is 0.256 e. The Kier molecular flexibility index (Phi) is 10.7. The fraction of sp³-hybridized carbons (Fsp3) is 0.538. The molecule has 1 fully saturated rings. The van der Waals surface area contributed by atoms with E-state index in [0.717, 1.165) is 19.5 Å². The van der Waals surface area contributed by atoms with Gasteiger partial charge in [0.05, 0.1) is 22.7 Å². The average molecular weight is 534 g/mol. The zero-order chi connectivity index (χ0) is 26.1. The van der Waals surface area contributed by atoms with E-state index in [1.807, 2.05) is 13.8 Å². The van der Waals surface area contributed by atoms with E-state index in [-0.39, 0.29) is 36.7 Å². The van der Waals surface area contributed by atoms with E-state index in [1.54, 1.807) is 29.6 Å². The van der Waals surface area contributed by atoms with Crippen LogP contribution in [-0.2, 0) is 16.0 Å². The Balaban J connectivity index is 1.44. The Morgan fingerprint density at radius 3 is 2.72 bits per heavy atom. The summed E-state index contributed by atoms with van der Waals surface area (Å²) in [6.45, 7) is 8.61. The topological polar surface area (TPSA) is 94.6 Å². The van der Waals surface area contributed by atoms with E-state index in [9.17, 15) is 14.4 Å². The summed E-state index contributed by atoms with van der Waals surface area (Å²) in [7, 11) is 0. The van der Waals surface area contributed by atoms with Crippen molar-refractivity contribution in [2.24, 2.45) is 0 Å². The monoisotopic (exact) mass is 533 g/mol. The third kappa shape index (κ3) is 8.28. The number of piperidine rings is 1. The van der Waals surface area contributed by atoms with Gasteiger partial charge in [-0.05, 0) is 58.7 Å². The zero-order valence-corrected chi connectivity index (χ0v) is 22.8. The van der Waals surface area contributed by atoms with E-state index in [1.165, 1.54) is 35.5 Å². The number of carbonyl (C=O) groups excluding carboxylic acids is 3. The Labute approximate surface area is 222 Å². The van der Waals surface area contributed by atoms with Crippen molar-refractivity contribution in [2.75, 3.05) is 31.5 Å². The van der Waals surface area contributed by atoms with Gasteiger partial charge in [-0.25, -0.2) is 4.98 Å². The molecule has 0 saturated carbocycles. The number of nitrogens with one attached hydrogen (secondary N) is 2. The molecule has 2 aromatic rings. The molecular weight excluding hydrogens is 498 g/mol. The summed E-state index contributed by atoms with van der Waals surface area (Å²) in [6.07, 6.45) is 4.90. The Bertz CT molecular complexity index is 1040. The van der Waals surface area contributed by atoms with Crippen LogP contribution in [0.25, 0.3) is 0 Å². The molecule has 2 N–H and O–H groups in total. The summed E-state index contributed by atoms with van der Waals surface area (Å²) in [6, 6.07) is 7.20. The number of hydrogen-bond acceptors (Lipinski definition) is 6. The van der Waals surface area contributed by atoms with Gasteiger partial charge in [0.2, 0.25) is 11.8 Å². The first-order valence-electron chi connectivity index (χ1n) is 12.5. The fourth-order valence-corrected chi connectivity index (χ4v) is 5.21. The SMILES string of the molecule is CC1CCCCN1CCCNC(=O)Cc1csc(NC(=O)CN(C(=O)c2ccccc2Cl)C(C)C)n1. The third-order valence-corrected chi connectivity index (χ3v) is 7.46. The van der Waals surface area contributed by atoms with Crippen molar-refractivity contribution in [1.29, 1.82) is 0 Å². The number of rotatable bonds is 11. The van der Waals surface area contributed by atoms with E-state index in [0.29, 0.717) is 34.0 Å². The molecular formula is C26H36ClN5O3S. The quantitative estimate of drug-likeness (QED) is 0.422. The van der Waals surface area contributed by atoms with Gasteiger partial charge in [0.15, 0.2) is 5.13 Å². The maximum absolute atomic E-state index is 12.9. The maximum atomic E-state index is 12.9. The van der Waals surface area contributed by atoms with Gasteiger partial charge < -0.3 is 20.4 Å². The van der Waals surface area contributed by atoms with Gasteiger partial charge >= 0.3 is 0 Å². The number of halogens is 1. The molecule has 1 aliphatic heterocycles. The van der Waals surface area contributed by atoms with Crippen LogP contribution in [-0.4, -0.2) is 70.8 Å². The van der Waals surface area contributed by atoms with E-state index in [2.05, 4.69) is 27.4 Å². The summed E-state index contributed by atoms with van der Waals surface area (Å²) in [5.41, 5.74) is 0.957. The second kappa shape index (κ2) is 13.7. The normalized spacial score (nSPS) is 16.1. The second-order valence-electron chi connectivity index (χ2n) is 9.46. The molecule has 1 aromatic carbocycles. The molecule has 8 nitrogen and oxygen atoms in total. The molecule has 1 aromatic heterocycles. The molecule has 0 aliphatic carbocycles. The highest BCUT2D eigenvalue weighted by molar-refractivity contribution is 7.13. The lowest BCUT2D eigenvalue weighted by Gasteiger charge is -2.33. The van der Waals surface area contributed by atoms with Gasteiger partial charge in [-0.3, -0.25) is 14.4 Å². The van der Waals surface area contributed by atoms with Gasteiger partial charge in [-0.1, -0.05) is 30.2 Å². The molecule has 0 spiro atoms. The first-order chi connectivity index (χ1) is 17.2. The molecule has 2 heterocycles. The molecule has 3 rings (SSSR count). The van der Waals surface area contributed by atoms with Crippen molar-refractivity contribution in [1.82, 2.24) is 20.1 Å². The highest BCUT2D eigenvalue weighted by atomic mass is 35.5. The van der Waals surface area contributed by atoms with Crippen LogP contribution in [0, 0.1) is 0 Å². The van der Waals surface area contributed by atoms with Crippen molar-refractivity contribution in [3.8, 4) is 0 Å². The van der Waals surface area contributed by atoms with E-state index in [4.69, 9.17) is 11.6 Å².